The molecule has 0 bridgehead atoms. The molecule has 500 valence electrons. The van der Waals surface area contributed by atoms with E-state index < -0.39 is 32.5 Å². The van der Waals surface area contributed by atoms with Crippen LogP contribution < -0.4 is 5.73 Å². The normalized spacial score (nSPS) is 14.2. The zero-order chi connectivity index (χ0) is 64.4. The number of phosphoric acid groups is 1. The molecule has 10 heteroatoms. The molecule has 0 radical (unpaired) electrons. The van der Waals surface area contributed by atoms with E-state index in [-0.39, 0.29) is 32.6 Å². The fraction of sp³-hybridized carbons (Fsp3) is 0.570. The fourth-order valence-corrected chi connectivity index (χ4v) is 9.67. The molecule has 0 heterocycles. The van der Waals surface area contributed by atoms with Gasteiger partial charge in [0.2, 0.25) is 0 Å². The zero-order valence-corrected chi connectivity index (χ0v) is 57.0. The Bertz CT molecular complexity index is 2160. The topological polar surface area (TPSA) is 134 Å². The summed E-state index contributed by atoms with van der Waals surface area (Å²) >= 11 is 0. The van der Waals surface area contributed by atoms with Gasteiger partial charge in [0.1, 0.15) is 6.61 Å². The Hall–Kier alpha value is -5.15. The maximum atomic E-state index is 12.8. The number of phosphoric ester groups is 1. The molecule has 0 aliphatic heterocycles. The molecule has 0 spiro atoms. The molecule has 0 aliphatic carbocycles. The first kappa shape index (κ1) is 83.8. The number of nitrogens with two attached hydrogens (primary N) is 1. The lowest BCUT2D eigenvalue weighted by Crippen LogP contribution is -2.29. The number of unbranched alkanes of at least 4 members (excludes halogenated alkanes) is 18. The number of ether oxygens (including phenoxy) is 2. The van der Waals surface area contributed by atoms with Gasteiger partial charge in [-0.1, -0.05) is 298 Å². The van der Waals surface area contributed by atoms with Crippen molar-refractivity contribution in [3.05, 3.63) is 194 Å². The summed E-state index contributed by atoms with van der Waals surface area (Å²) in [5.41, 5.74) is 5.40. The molecule has 89 heavy (non-hydrogen) atoms. The second-order valence-electron chi connectivity index (χ2n) is 22.3. The van der Waals surface area contributed by atoms with Gasteiger partial charge < -0.3 is 20.1 Å². The third kappa shape index (κ3) is 71.8. The van der Waals surface area contributed by atoms with Gasteiger partial charge in [0.05, 0.1) is 13.2 Å². The van der Waals surface area contributed by atoms with E-state index in [1.807, 2.05) is 0 Å². The van der Waals surface area contributed by atoms with Gasteiger partial charge in [0.25, 0.3) is 0 Å². The Balaban J connectivity index is 4.00. The predicted molar refractivity (Wildman–Crippen MR) is 385 cm³/mol. The highest BCUT2D eigenvalue weighted by Crippen LogP contribution is 2.43. The first-order valence-corrected chi connectivity index (χ1v) is 36.4. The van der Waals surface area contributed by atoms with Gasteiger partial charge in [-0.15, -0.1) is 0 Å². The van der Waals surface area contributed by atoms with Crippen molar-refractivity contribution in [2.75, 3.05) is 26.4 Å². The number of hydrogen-bond acceptors (Lipinski definition) is 8. The number of carbonyl (C=O) groups excluding carboxylic acids is 2. The molecule has 0 saturated heterocycles. The predicted octanol–water partition coefficient (Wildman–Crippen LogP) is 23.3. The summed E-state index contributed by atoms with van der Waals surface area (Å²) in [5, 5.41) is 0. The Kier molecular flexibility index (Phi) is 67.8. The molecule has 0 fully saturated rings. The van der Waals surface area contributed by atoms with Crippen LogP contribution >= 0.6 is 7.82 Å². The summed E-state index contributed by atoms with van der Waals surface area (Å²) in [6.07, 6.45) is 109. The smallest absolute Gasteiger partial charge is 0.462 e. The molecule has 2 unspecified atom stereocenters. The van der Waals surface area contributed by atoms with E-state index in [1.165, 1.54) is 77.0 Å². The standard InChI is InChI=1S/C79H126NO8P/c1-3-5-7-9-11-13-15-17-19-21-23-25-27-29-31-33-35-36-37-38-39-40-42-43-45-47-49-51-53-55-57-59-61-63-65-67-69-71-78(81)85-75-77(76-87-89(83,84)86-74-73-80)88-79(82)72-70-68-66-64-62-60-58-56-54-52-50-48-46-44-41-34-32-30-28-26-24-22-20-18-16-14-12-10-8-6-4-2/h5-8,11-14,17-20,23-26,29-32,35-36,38-39,41,44,48,50,54,56,60,62,77H,3-4,9-10,15-16,21-22,27-28,33-34,37,40,42-43,45-47,49,51-53,55,57-59,61,63-76,80H2,1-2H3,(H,83,84)/b7-5-,8-6-,13-11-,14-12-,19-17-,20-18-,25-23-,26-24-,31-29-,32-30-,36-35-,39-38-,44-41-,50-48-,56-54-,62-60-. The van der Waals surface area contributed by atoms with Crippen molar-refractivity contribution in [1.82, 2.24) is 0 Å². The zero-order valence-electron chi connectivity index (χ0n) is 56.1. The van der Waals surface area contributed by atoms with Crippen molar-refractivity contribution < 1.29 is 37.6 Å². The van der Waals surface area contributed by atoms with Crippen LogP contribution in [-0.4, -0.2) is 49.3 Å². The number of hydrogen-bond donors (Lipinski definition) is 2. The van der Waals surface area contributed by atoms with Crippen LogP contribution in [0.25, 0.3) is 0 Å². The van der Waals surface area contributed by atoms with Gasteiger partial charge in [-0.2, -0.15) is 0 Å². The molecule has 0 aliphatic rings. The maximum absolute atomic E-state index is 12.8. The summed E-state index contributed by atoms with van der Waals surface area (Å²) in [6.45, 7) is 3.46. The largest absolute Gasteiger partial charge is 0.472 e. The van der Waals surface area contributed by atoms with E-state index in [0.29, 0.717) is 6.42 Å². The summed E-state index contributed by atoms with van der Waals surface area (Å²) < 4.78 is 33.1. The molecular formula is C79H126NO8P. The van der Waals surface area contributed by atoms with E-state index in [2.05, 4.69) is 208 Å². The Morgan fingerprint density at radius 3 is 0.876 bits per heavy atom. The van der Waals surface area contributed by atoms with Crippen molar-refractivity contribution in [3.8, 4) is 0 Å². The van der Waals surface area contributed by atoms with E-state index in [0.717, 1.165) is 148 Å². The third-order valence-corrected chi connectivity index (χ3v) is 15.0. The minimum absolute atomic E-state index is 0.0380. The average Bonchev–Trinajstić information content (AvgIpc) is 3.68. The minimum Gasteiger partial charge on any atom is -0.462 e. The summed E-state index contributed by atoms with van der Waals surface area (Å²) in [4.78, 5) is 35.4. The number of carbonyl (C=O) groups is 2. The van der Waals surface area contributed by atoms with Gasteiger partial charge in [-0.05, 0) is 141 Å². The molecule has 0 saturated carbocycles. The lowest BCUT2D eigenvalue weighted by atomic mass is 10.0. The second-order valence-corrected chi connectivity index (χ2v) is 23.7. The first-order chi connectivity index (χ1) is 43.8. The van der Waals surface area contributed by atoms with Crippen molar-refractivity contribution >= 4 is 19.8 Å². The van der Waals surface area contributed by atoms with Crippen molar-refractivity contribution in [2.45, 2.75) is 264 Å². The molecule has 2 atom stereocenters. The molecule has 0 rings (SSSR count). The van der Waals surface area contributed by atoms with Crippen molar-refractivity contribution in [3.63, 3.8) is 0 Å². The van der Waals surface area contributed by atoms with Crippen LogP contribution in [0.4, 0.5) is 0 Å². The number of esters is 2. The quantitative estimate of drug-likeness (QED) is 0.0264. The summed E-state index contributed by atoms with van der Waals surface area (Å²) in [5.74, 6) is -0.877. The molecule has 0 aromatic rings. The van der Waals surface area contributed by atoms with E-state index in [9.17, 15) is 19.0 Å². The van der Waals surface area contributed by atoms with Crippen LogP contribution in [0, 0.1) is 0 Å². The van der Waals surface area contributed by atoms with Crippen LogP contribution in [0.3, 0.4) is 0 Å². The molecule has 0 aromatic heterocycles. The summed E-state index contributed by atoms with van der Waals surface area (Å²) in [6, 6.07) is 0. The van der Waals surface area contributed by atoms with Crippen LogP contribution in [0.2, 0.25) is 0 Å². The first-order valence-electron chi connectivity index (χ1n) is 34.9. The molecule has 0 amide bonds. The monoisotopic (exact) mass is 1250 g/mol. The molecular weight excluding hydrogens is 1120 g/mol. The third-order valence-electron chi connectivity index (χ3n) is 14.0. The summed E-state index contributed by atoms with van der Waals surface area (Å²) in [7, 11) is -4.42. The van der Waals surface area contributed by atoms with Crippen molar-refractivity contribution in [2.24, 2.45) is 5.73 Å². The maximum Gasteiger partial charge on any atom is 0.472 e. The van der Waals surface area contributed by atoms with Crippen LogP contribution in [0.15, 0.2) is 194 Å². The highest BCUT2D eigenvalue weighted by Gasteiger charge is 2.26. The van der Waals surface area contributed by atoms with Gasteiger partial charge in [-0.25, -0.2) is 4.57 Å². The molecule has 9 nitrogen and oxygen atoms in total. The molecule has 0 aromatic carbocycles. The van der Waals surface area contributed by atoms with Gasteiger partial charge in [0, 0.05) is 19.4 Å². The highest BCUT2D eigenvalue weighted by molar-refractivity contribution is 7.47. The van der Waals surface area contributed by atoms with Gasteiger partial charge in [0.15, 0.2) is 6.10 Å². The van der Waals surface area contributed by atoms with Crippen LogP contribution in [0.1, 0.15) is 258 Å². The van der Waals surface area contributed by atoms with E-state index in [1.54, 1.807) is 0 Å². The number of rotatable bonds is 63. The lowest BCUT2D eigenvalue weighted by molar-refractivity contribution is -0.161. The van der Waals surface area contributed by atoms with Gasteiger partial charge in [-0.3, -0.25) is 18.6 Å². The SMILES string of the molecule is CC/C=C\C/C=C\C/C=C\C/C=C\C/C=C\C/C=C\C/C=C\C/C=C\C/C=C\CCCCCC(=O)OC(COC(=O)CCCCCCCCCCCCCCCCC/C=C\C/C=C\C/C=C\C/C=C\C/C=C\C/C=C\C/C=C\CC)COP(=O)(O)OCCN. The van der Waals surface area contributed by atoms with E-state index in [4.69, 9.17) is 24.3 Å². The highest BCUT2D eigenvalue weighted by atomic mass is 31.2. The second kappa shape index (κ2) is 71.9. The molecule has 3 N–H and O–H groups in total. The van der Waals surface area contributed by atoms with Crippen LogP contribution in [0.5, 0.6) is 0 Å². The Morgan fingerprint density at radius 2 is 0.584 bits per heavy atom. The Labute approximate surface area is 545 Å². The fourth-order valence-electron chi connectivity index (χ4n) is 8.90. The van der Waals surface area contributed by atoms with E-state index >= 15 is 0 Å². The minimum atomic E-state index is -4.42. The lowest BCUT2D eigenvalue weighted by Gasteiger charge is -2.19. The van der Waals surface area contributed by atoms with Gasteiger partial charge >= 0.3 is 19.8 Å². The Morgan fingerprint density at radius 1 is 0.337 bits per heavy atom. The van der Waals surface area contributed by atoms with Crippen LogP contribution in [-0.2, 0) is 32.7 Å². The average molecular weight is 1250 g/mol. The van der Waals surface area contributed by atoms with Crippen molar-refractivity contribution in [1.29, 1.82) is 0 Å². The number of allylic oxidation sites excluding steroid dienone is 32.